The van der Waals surface area contributed by atoms with Crippen molar-refractivity contribution in [2.24, 2.45) is 0 Å². The summed E-state index contributed by atoms with van der Waals surface area (Å²) in [6.45, 7) is 0. The van der Waals surface area contributed by atoms with Crippen LogP contribution in [-0.2, 0) is 5.75 Å². The predicted octanol–water partition coefficient (Wildman–Crippen LogP) is 5.41. The Labute approximate surface area is 158 Å². The van der Waals surface area contributed by atoms with Crippen LogP contribution in [0, 0.1) is 5.82 Å². The lowest BCUT2D eigenvalue weighted by atomic mass is 10.2. The van der Waals surface area contributed by atoms with E-state index in [0.29, 0.717) is 33.5 Å². The minimum Gasteiger partial charge on any atom is -0.299 e. The summed E-state index contributed by atoms with van der Waals surface area (Å²) in [5.74, 6) is 0.916. The normalized spacial score (nSPS) is 14.0. The molecule has 8 heteroatoms. The first-order valence-corrected chi connectivity index (χ1v) is 9.50. The molecule has 0 aliphatic heterocycles. The summed E-state index contributed by atoms with van der Waals surface area (Å²) in [6, 6.07) is 10.5. The van der Waals surface area contributed by atoms with Gasteiger partial charge in [-0.15, -0.1) is 10.2 Å². The third-order valence-electron chi connectivity index (χ3n) is 3.88. The van der Waals surface area contributed by atoms with E-state index in [2.05, 4.69) is 15.2 Å². The molecule has 4 rings (SSSR count). The highest BCUT2D eigenvalue weighted by Crippen LogP contribution is 2.41. The van der Waals surface area contributed by atoms with Crippen molar-refractivity contribution in [2.75, 3.05) is 0 Å². The van der Waals surface area contributed by atoms with E-state index in [1.807, 2.05) is 4.57 Å². The molecule has 0 N–H and O–H groups in total. The van der Waals surface area contributed by atoms with E-state index < -0.39 is 0 Å². The molecule has 0 amide bonds. The van der Waals surface area contributed by atoms with Gasteiger partial charge in [-0.2, -0.15) is 0 Å². The fraction of sp³-hybridized carbons (Fsp3) is 0.235. The molecular formula is C17H13Cl2FN4S. The zero-order valence-electron chi connectivity index (χ0n) is 13.0. The van der Waals surface area contributed by atoms with Crippen LogP contribution < -0.4 is 0 Å². The molecule has 1 aromatic carbocycles. The molecule has 4 nitrogen and oxygen atoms in total. The van der Waals surface area contributed by atoms with Gasteiger partial charge in [0.25, 0.3) is 0 Å². The van der Waals surface area contributed by atoms with Crippen LogP contribution in [0.2, 0.25) is 10.3 Å². The lowest BCUT2D eigenvalue weighted by Crippen LogP contribution is -2.01. The van der Waals surface area contributed by atoms with Crippen LogP contribution in [-0.4, -0.2) is 19.7 Å². The molecule has 25 heavy (non-hydrogen) atoms. The van der Waals surface area contributed by atoms with Crippen molar-refractivity contribution in [3.63, 3.8) is 0 Å². The second kappa shape index (κ2) is 6.94. The van der Waals surface area contributed by atoms with Crippen molar-refractivity contribution in [3.8, 4) is 11.4 Å². The fourth-order valence-electron chi connectivity index (χ4n) is 2.61. The van der Waals surface area contributed by atoms with Gasteiger partial charge >= 0.3 is 0 Å². The lowest BCUT2D eigenvalue weighted by Gasteiger charge is -2.09. The average molecular weight is 395 g/mol. The van der Waals surface area contributed by atoms with Crippen LogP contribution in [0.4, 0.5) is 4.39 Å². The summed E-state index contributed by atoms with van der Waals surface area (Å²) in [7, 11) is 0. The van der Waals surface area contributed by atoms with E-state index in [0.717, 1.165) is 23.6 Å². The second-order valence-corrected chi connectivity index (χ2v) is 7.51. The molecule has 1 fully saturated rings. The number of hydrogen-bond acceptors (Lipinski definition) is 4. The maximum Gasteiger partial charge on any atom is 0.192 e. The molecule has 2 heterocycles. The smallest absolute Gasteiger partial charge is 0.192 e. The van der Waals surface area contributed by atoms with Crippen molar-refractivity contribution >= 4 is 35.0 Å². The third-order valence-corrected chi connectivity index (χ3v) is 5.28. The Balaban J connectivity index is 1.63. The quantitative estimate of drug-likeness (QED) is 0.428. The highest BCUT2D eigenvalue weighted by atomic mass is 35.5. The molecule has 1 aliphatic rings. The zero-order valence-corrected chi connectivity index (χ0v) is 15.3. The number of hydrogen-bond donors (Lipinski definition) is 0. The molecule has 0 saturated heterocycles. The van der Waals surface area contributed by atoms with Gasteiger partial charge in [0.1, 0.15) is 16.1 Å². The molecule has 0 spiro atoms. The van der Waals surface area contributed by atoms with Crippen LogP contribution in [0.1, 0.15) is 24.4 Å². The van der Waals surface area contributed by atoms with Crippen LogP contribution in [0.25, 0.3) is 11.4 Å². The Kier molecular flexibility index (Phi) is 4.67. The standard InChI is InChI=1S/C17H13Cl2FN4S/c18-14-7-10(8-15(19)21-14)9-25-17-23-22-16(24(17)11-5-6-11)12-3-1-2-4-13(12)20/h1-4,7-8,11H,5-6,9H2. The number of rotatable bonds is 5. The Bertz CT molecular complexity index is 907. The van der Waals surface area contributed by atoms with Crippen LogP contribution >= 0.6 is 35.0 Å². The van der Waals surface area contributed by atoms with Gasteiger partial charge in [-0.25, -0.2) is 9.37 Å². The number of benzene rings is 1. The van der Waals surface area contributed by atoms with Gasteiger partial charge < -0.3 is 0 Å². The van der Waals surface area contributed by atoms with Crippen molar-refractivity contribution in [1.82, 2.24) is 19.7 Å². The average Bonchev–Trinajstić information content (AvgIpc) is 3.32. The second-order valence-electron chi connectivity index (χ2n) is 5.80. The van der Waals surface area contributed by atoms with E-state index in [1.165, 1.54) is 17.8 Å². The van der Waals surface area contributed by atoms with Crippen molar-refractivity contribution in [3.05, 3.63) is 58.1 Å². The first kappa shape index (κ1) is 16.8. The first-order chi connectivity index (χ1) is 12.1. The zero-order chi connectivity index (χ0) is 17.4. The Morgan fingerprint density at radius 1 is 1.12 bits per heavy atom. The number of nitrogens with zero attached hydrogens (tertiary/aromatic N) is 4. The van der Waals surface area contributed by atoms with E-state index in [-0.39, 0.29) is 5.82 Å². The largest absolute Gasteiger partial charge is 0.299 e. The van der Waals surface area contributed by atoms with E-state index in [1.54, 1.807) is 30.3 Å². The van der Waals surface area contributed by atoms with Gasteiger partial charge in [0.05, 0.1) is 5.56 Å². The number of halogens is 3. The van der Waals surface area contributed by atoms with Crippen molar-refractivity contribution in [2.45, 2.75) is 29.8 Å². The van der Waals surface area contributed by atoms with Crippen molar-refractivity contribution < 1.29 is 4.39 Å². The molecule has 0 bridgehead atoms. The molecule has 0 unspecified atom stereocenters. The summed E-state index contributed by atoms with van der Waals surface area (Å²) in [6.07, 6.45) is 2.11. The minimum atomic E-state index is -0.291. The number of pyridine rings is 1. The molecule has 0 radical (unpaired) electrons. The Hall–Kier alpha value is -1.63. The van der Waals surface area contributed by atoms with E-state index >= 15 is 0 Å². The number of aromatic nitrogens is 4. The maximum atomic E-state index is 14.2. The van der Waals surface area contributed by atoms with Gasteiger partial charge in [-0.3, -0.25) is 4.57 Å². The minimum absolute atomic E-state index is 0.291. The monoisotopic (exact) mass is 394 g/mol. The molecule has 128 valence electrons. The third kappa shape index (κ3) is 3.66. The molecule has 2 aromatic heterocycles. The van der Waals surface area contributed by atoms with Gasteiger partial charge in [0.2, 0.25) is 0 Å². The van der Waals surface area contributed by atoms with Crippen molar-refractivity contribution in [1.29, 1.82) is 0 Å². The summed E-state index contributed by atoms with van der Waals surface area (Å²) in [4.78, 5) is 3.95. The van der Waals surface area contributed by atoms with Gasteiger partial charge in [0.15, 0.2) is 11.0 Å². The van der Waals surface area contributed by atoms with Gasteiger partial charge in [-0.05, 0) is 42.7 Å². The molecule has 0 atom stereocenters. The van der Waals surface area contributed by atoms with Crippen LogP contribution in [0.15, 0.2) is 41.6 Å². The van der Waals surface area contributed by atoms with Crippen LogP contribution in [0.3, 0.4) is 0 Å². The maximum absolute atomic E-state index is 14.2. The van der Waals surface area contributed by atoms with Crippen LogP contribution in [0.5, 0.6) is 0 Å². The number of thioether (sulfide) groups is 1. The molecule has 3 aromatic rings. The van der Waals surface area contributed by atoms with Gasteiger partial charge in [-0.1, -0.05) is 47.1 Å². The lowest BCUT2D eigenvalue weighted by molar-refractivity contribution is 0.622. The SMILES string of the molecule is Fc1ccccc1-c1nnc(SCc2cc(Cl)nc(Cl)c2)n1C1CC1. The molecular weight excluding hydrogens is 382 g/mol. The summed E-state index contributed by atoms with van der Waals surface area (Å²) < 4.78 is 16.2. The van der Waals surface area contributed by atoms with Gasteiger partial charge in [0, 0.05) is 11.8 Å². The topological polar surface area (TPSA) is 43.6 Å². The first-order valence-electron chi connectivity index (χ1n) is 7.76. The fourth-order valence-corrected chi connectivity index (χ4v) is 4.05. The Morgan fingerprint density at radius 2 is 1.84 bits per heavy atom. The predicted molar refractivity (Wildman–Crippen MR) is 97.5 cm³/mol. The Morgan fingerprint density at radius 3 is 2.52 bits per heavy atom. The highest BCUT2D eigenvalue weighted by molar-refractivity contribution is 7.98. The summed E-state index contributed by atoms with van der Waals surface area (Å²) in [5, 5.41) is 10.0. The summed E-state index contributed by atoms with van der Waals surface area (Å²) in [5.41, 5.74) is 1.43. The highest BCUT2D eigenvalue weighted by Gasteiger charge is 2.30. The van der Waals surface area contributed by atoms with E-state index in [4.69, 9.17) is 23.2 Å². The molecule has 1 saturated carbocycles. The summed E-state index contributed by atoms with van der Waals surface area (Å²) >= 11 is 13.4. The molecule has 1 aliphatic carbocycles. The van der Waals surface area contributed by atoms with E-state index in [9.17, 15) is 4.39 Å².